The Balaban J connectivity index is 1.61. The van der Waals surface area contributed by atoms with E-state index < -0.39 is 0 Å². The first-order valence-corrected chi connectivity index (χ1v) is 8.54. The summed E-state index contributed by atoms with van der Waals surface area (Å²) >= 11 is 0. The molecule has 1 aliphatic rings. The zero-order valence-electron chi connectivity index (χ0n) is 13.8. The molecule has 0 radical (unpaired) electrons. The first-order chi connectivity index (χ1) is 10.7. The van der Waals surface area contributed by atoms with E-state index >= 15 is 0 Å². The summed E-state index contributed by atoms with van der Waals surface area (Å²) in [5.41, 5.74) is 7.27. The molecule has 1 aromatic rings. The smallest absolute Gasteiger partial charge is 0.188 e. The maximum atomic E-state index is 5.94. The molecule has 3 N–H and O–H groups in total. The van der Waals surface area contributed by atoms with Gasteiger partial charge in [0.05, 0.1) is 0 Å². The van der Waals surface area contributed by atoms with Gasteiger partial charge in [0.15, 0.2) is 5.96 Å². The summed E-state index contributed by atoms with van der Waals surface area (Å²) in [6.07, 6.45) is 5.06. The predicted molar refractivity (Wildman–Crippen MR) is 94.1 cm³/mol. The van der Waals surface area contributed by atoms with Gasteiger partial charge >= 0.3 is 0 Å². The van der Waals surface area contributed by atoms with E-state index in [1.54, 1.807) is 0 Å². The maximum Gasteiger partial charge on any atom is 0.188 e. The Morgan fingerprint density at radius 2 is 1.95 bits per heavy atom. The molecule has 1 saturated heterocycles. The Hall–Kier alpha value is -1.55. The van der Waals surface area contributed by atoms with Crippen molar-refractivity contribution in [3.63, 3.8) is 0 Å². The van der Waals surface area contributed by atoms with Crippen LogP contribution in [0.1, 0.15) is 31.7 Å². The standard InChI is InChI=1S/C18H30N4/c1-16(15-22-12-6-3-7-13-22)14-21-18(19)20-11-10-17-8-4-2-5-9-17/h2,4-5,8-9,16H,3,6-7,10-15H2,1H3,(H3,19,20,21). The average molecular weight is 302 g/mol. The average Bonchev–Trinajstić information content (AvgIpc) is 2.55. The summed E-state index contributed by atoms with van der Waals surface area (Å²) in [5.74, 6) is 1.13. The maximum absolute atomic E-state index is 5.94. The minimum Gasteiger partial charge on any atom is -0.370 e. The summed E-state index contributed by atoms with van der Waals surface area (Å²) < 4.78 is 0. The van der Waals surface area contributed by atoms with Gasteiger partial charge in [-0.1, -0.05) is 43.7 Å². The highest BCUT2D eigenvalue weighted by Crippen LogP contribution is 2.10. The molecule has 0 bridgehead atoms. The number of piperidine rings is 1. The van der Waals surface area contributed by atoms with Crippen molar-refractivity contribution in [1.29, 1.82) is 0 Å². The van der Waals surface area contributed by atoms with Crippen LogP contribution < -0.4 is 11.1 Å². The molecular weight excluding hydrogens is 272 g/mol. The number of nitrogens with one attached hydrogen (secondary N) is 1. The van der Waals surface area contributed by atoms with Crippen LogP contribution >= 0.6 is 0 Å². The Morgan fingerprint density at radius 3 is 2.68 bits per heavy atom. The van der Waals surface area contributed by atoms with E-state index in [4.69, 9.17) is 5.73 Å². The minimum absolute atomic E-state index is 0.563. The molecule has 1 unspecified atom stereocenters. The Labute approximate surface area is 134 Å². The highest BCUT2D eigenvalue weighted by molar-refractivity contribution is 5.77. The van der Waals surface area contributed by atoms with Gasteiger partial charge in [-0.05, 0) is 43.8 Å². The second kappa shape index (κ2) is 9.46. The Kier molecular flexibility index (Phi) is 7.23. The van der Waals surface area contributed by atoms with Crippen molar-refractivity contribution in [3.05, 3.63) is 35.9 Å². The van der Waals surface area contributed by atoms with Gasteiger partial charge in [0, 0.05) is 19.6 Å². The van der Waals surface area contributed by atoms with Crippen LogP contribution in [-0.2, 0) is 6.42 Å². The molecule has 0 aromatic heterocycles. The minimum atomic E-state index is 0.563. The van der Waals surface area contributed by atoms with E-state index in [1.165, 1.54) is 37.9 Å². The van der Waals surface area contributed by atoms with Crippen molar-refractivity contribution < 1.29 is 0 Å². The normalized spacial score (nSPS) is 18.1. The zero-order valence-corrected chi connectivity index (χ0v) is 13.8. The quantitative estimate of drug-likeness (QED) is 0.600. The van der Waals surface area contributed by atoms with Crippen LogP contribution in [0.4, 0.5) is 0 Å². The number of hydrogen-bond acceptors (Lipinski definition) is 2. The zero-order chi connectivity index (χ0) is 15.6. The second-order valence-corrected chi connectivity index (χ2v) is 6.35. The topological polar surface area (TPSA) is 53.6 Å². The van der Waals surface area contributed by atoms with Crippen molar-refractivity contribution in [2.45, 2.75) is 32.6 Å². The van der Waals surface area contributed by atoms with Crippen molar-refractivity contribution in [1.82, 2.24) is 10.2 Å². The van der Waals surface area contributed by atoms with Gasteiger partial charge in [-0.15, -0.1) is 0 Å². The number of likely N-dealkylation sites (tertiary alicyclic amines) is 1. The van der Waals surface area contributed by atoms with Crippen LogP contribution in [0.3, 0.4) is 0 Å². The third-order valence-corrected chi connectivity index (χ3v) is 4.15. The summed E-state index contributed by atoms with van der Waals surface area (Å²) in [6.45, 7) is 7.54. The molecule has 2 rings (SSSR count). The number of hydrogen-bond donors (Lipinski definition) is 2. The van der Waals surface area contributed by atoms with Gasteiger partial charge in [0.1, 0.15) is 0 Å². The second-order valence-electron chi connectivity index (χ2n) is 6.35. The SMILES string of the molecule is CC(CN=C(N)NCCc1ccccc1)CN1CCCCC1. The van der Waals surface area contributed by atoms with Gasteiger partial charge < -0.3 is 16.0 Å². The highest BCUT2D eigenvalue weighted by Gasteiger charge is 2.13. The monoisotopic (exact) mass is 302 g/mol. The number of benzene rings is 1. The van der Waals surface area contributed by atoms with Gasteiger partial charge in [-0.25, -0.2) is 0 Å². The molecule has 1 heterocycles. The number of nitrogens with two attached hydrogens (primary N) is 1. The lowest BCUT2D eigenvalue weighted by atomic mass is 10.1. The van der Waals surface area contributed by atoms with Crippen molar-refractivity contribution in [2.75, 3.05) is 32.7 Å². The first kappa shape index (κ1) is 16.8. The van der Waals surface area contributed by atoms with Gasteiger partial charge in [0.2, 0.25) is 0 Å². The molecule has 122 valence electrons. The number of guanidine groups is 1. The van der Waals surface area contributed by atoms with Crippen LogP contribution in [0.25, 0.3) is 0 Å². The molecular formula is C18H30N4. The first-order valence-electron chi connectivity index (χ1n) is 8.54. The number of aliphatic imine (C=N–C) groups is 1. The van der Waals surface area contributed by atoms with Gasteiger partial charge in [-0.3, -0.25) is 4.99 Å². The van der Waals surface area contributed by atoms with E-state index in [2.05, 4.69) is 46.4 Å². The van der Waals surface area contributed by atoms with E-state index in [0.29, 0.717) is 11.9 Å². The molecule has 22 heavy (non-hydrogen) atoms. The van der Waals surface area contributed by atoms with Crippen molar-refractivity contribution in [3.8, 4) is 0 Å². The molecule has 0 aliphatic carbocycles. The van der Waals surface area contributed by atoms with Crippen molar-refractivity contribution >= 4 is 5.96 Å². The van der Waals surface area contributed by atoms with Crippen molar-refractivity contribution in [2.24, 2.45) is 16.6 Å². The van der Waals surface area contributed by atoms with E-state index in [-0.39, 0.29) is 0 Å². The van der Waals surface area contributed by atoms with Crippen LogP contribution in [-0.4, -0.2) is 43.6 Å². The molecule has 4 nitrogen and oxygen atoms in total. The summed E-state index contributed by atoms with van der Waals surface area (Å²) in [5, 5.41) is 3.20. The van der Waals surface area contributed by atoms with Crippen LogP contribution in [0, 0.1) is 5.92 Å². The fraction of sp³-hybridized carbons (Fsp3) is 0.611. The Morgan fingerprint density at radius 1 is 1.23 bits per heavy atom. The lowest BCUT2D eigenvalue weighted by Gasteiger charge is -2.28. The molecule has 0 spiro atoms. The van der Waals surface area contributed by atoms with Gasteiger partial charge in [-0.2, -0.15) is 0 Å². The van der Waals surface area contributed by atoms with E-state index in [9.17, 15) is 0 Å². The lowest BCUT2D eigenvalue weighted by molar-refractivity contribution is 0.203. The Bertz CT molecular complexity index is 438. The summed E-state index contributed by atoms with van der Waals surface area (Å²) in [4.78, 5) is 7.04. The van der Waals surface area contributed by atoms with Gasteiger partial charge in [0.25, 0.3) is 0 Å². The van der Waals surface area contributed by atoms with Crippen LogP contribution in [0.2, 0.25) is 0 Å². The molecule has 1 atom stereocenters. The van der Waals surface area contributed by atoms with E-state index in [0.717, 1.165) is 26.1 Å². The lowest BCUT2D eigenvalue weighted by Crippen LogP contribution is -2.36. The fourth-order valence-corrected chi connectivity index (χ4v) is 2.93. The molecule has 0 amide bonds. The molecule has 1 fully saturated rings. The summed E-state index contributed by atoms with van der Waals surface area (Å²) in [7, 11) is 0. The number of nitrogens with zero attached hydrogens (tertiary/aromatic N) is 2. The largest absolute Gasteiger partial charge is 0.370 e. The third kappa shape index (κ3) is 6.48. The molecule has 1 aliphatic heterocycles. The molecule has 1 aromatic carbocycles. The summed E-state index contributed by atoms with van der Waals surface area (Å²) in [6, 6.07) is 10.4. The fourth-order valence-electron chi connectivity index (χ4n) is 2.93. The van der Waals surface area contributed by atoms with E-state index in [1.807, 2.05) is 6.07 Å². The molecule has 4 heteroatoms. The predicted octanol–water partition coefficient (Wildman–Crippen LogP) is 2.26. The van der Waals surface area contributed by atoms with Crippen LogP contribution in [0.15, 0.2) is 35.3 Å². The van der Waals surface area contributed by atoms with Crippen LogP contribution in [0.5, 0.6) is 0 Å². The third-order valence-electron chi connectivity index (χ3n) is 4.15. The molecule has 0 saturated carbocycles. The number of rotatable bonds is 7. The highest BCUT2D eigenvalue weighted by atomic mass is 15.1.